The van der Waals surface area contributed by atoms with Gasteiger partial charge in [0.25, 0.3) is 5.91 Å². The van der Waals surface area contributed by atoms with Gasteiger partial charge in [-0.05, 0) is 47.6 Å². The summed E-state index contributed by atoms with van der Waals surface area (Å²) in [6, 6.07) is 15.8. The van der Waals surface area contributed by atoms with Crippen LogP contribution in [0.4, 0.5) is 0 Å². The molecule has 0 fully saturated rings. The molecule has 3 aromatic rings. The van der Waals surface area contributed by atoms with Crippen LogP contribution in [0.1, 0.15) is 88.0 Å². The van der Waals surface area contributed by atoms with Crippen molar-refractivity contribution in [1.82, 2.24) is 10.3 Å². The van der Waals surface area contributed by atoms with E-state index in [1.54, 1.807) is 12.3 Å². The summed E-state index contributed by atoms with van der Waals surface area (Å²) in [4.78, 5) is 28.6. The van der Waals surface area contributed by atoms with Crippen molar-refractivity contribution in [3.63, 3.8) is 0 Å². The third-order valence-electron chi connectivity index (χ3n) is 4.97. The Morgan fingerprint density at radius 1 is 0.973 bits per heavy atom. The molecule has 2 aromatic heterocycles. The molecule has 0 aliphatic rings. The first kappa shape index (κ1) is 30.0. The molecule has 1 aromatic carbocycles. The Bertz CT molecular complexity index is 1150. The highest BCUT2D eigenvalue weighted by Crippen LogP contribution is 2.29. The average molecular weight is 525 g/mol. The van der Waals surface area contributed by atoms with Gasteiger partial charge in [0.2, 0.25) is 0 Å². The van der Waals surface area contributed by atoms with Crippen LogP contribution < -0.4 is 10.1 Å². The number of carboxylic acids is 1. The highest BCUT2D eigenvalue weighted by molar-refractivity contribution is 7.14. The minimum atomic E-state index is -0.944. The van der Waals surface area contributed by atoms with Crippen LogP contribution in [-0.2, 0) is 10.2 Å². The Labute approximate surface area is 225 Å². The number of pyridine rings is 1. The highest BCUT2D eigenvalue weighted by atomic mass is 32.1. The first-order valence-corrected chi connectivity index (χ1v) is 13.3. The van der Waals surface area contributed by atoms with Gasteiger partial charge in [0.15, 0.2) is 0 Å². The van der Waals surface area contributed by atoms with Crippen LogP contribution in [0.2, 0.25) is 0 Å². The maximum absolute atomic E-state index is 12.1. The summed E-state index contributed by atoms with van der Waals surface area (Å²) in [6.07, 6.45) is 1.35. The van der Waals surface area contributed by atoms with Crippen LogP contribution >= 0.6 is 11.3 Å². The van der Waals surface area contributed by atoms with Gasteiger partial charge < -0.3 is 15.2 Å². The van der Waals surface area contributed by atoms with E-state index in [2.05, 4.69) is 83.0 Å². The normalized spacial score (nSPS) is 12.2. The quantitative estimate of drug-likeness (QED) is 0.318. The van der Waals surface area contributed by atoms with Crippen LogP contribution in [0.5, 0.6) is 5.75 Å². The summed E-state index contributed by atoms with van der Waals surface area (Å²) in [5, 5.41) is 11.3. The zero-order chi connectivity index (χ0) is 27.8. The molecule has 2 N–H and O–H groups in total. The van der Waals surface area contributed by atoms with Gasteiger partial charge in [-0.3, -0.25) is 14.6 Å². The molecule has 200 valence electrons. The van der Waals surface area contributed by atoms with E-state index in [4.69, 9.17) is 9.84 Å². The molecular formula is C30H40N2O4S. The van der Waals surface area contributed by atoms with Gasteiger partial charge in [0.1, 0.15) is 11.9 Å². The third-order valence-corrected chi connectivity index (χ3v) is 6.22. The summed E-state index contributed by atoms with van der Waals surface area (Å²) in [5.74, 6) is -0.577. The Balaban J connectivity index is 0.000000877. The second kappa shape index (κ2) is 12.9. The predicted molar refractivity (Wildman–Crippen MR) is 151 cm³/mol. The van der Waals surface area contributed by atoms with Crippen molar-refractivity contribution in [2.24, 2.45) is 5.41 Å². The Kier molecular flexibility index (Phi) is 10.4. The van der Waals surface area contributed by atoms with Crippen LogP contribution in [0.15, 0.2) is 54.7 Å². The molecule has 1 atom stereocenters. The molecule has 3 rings (SSSR count). The molecule has 6 nitrogen and oxygen atoms in total. The molecule has 37 heavy (non-hydrogen) atoms. The van der Waals surface area contributed by atoms with Crippen LogP contribution in [0.25, 0.3) is 11.3 Å². The van der Waals surface area contributed by atoms with Crippen LogP contribution in [0, 0.1) is 5.41 Å². The van der Waals surface area contributed by atoms with Crippen molar-refractivity contribution in [3.8, 4) is 17.0 Å². The largest absolute Gasteiger partial charge is 0.484 e. The van der Waals surface area contributed by atoms with Gasteiger partial charge >= 0.3 is 5.97 Å². The monoisotopic (exact) mass is 524 g/mol. The third kappa shape index (κ3) is 10.8. The number of nitrogens with one attached hydrogen (secondary N) is 1. The van der Waals surface area contributed by atoms with Crippen molar-refractivity contribution in [2.45, 2.75) is 73.3 Å². The maximum atomic E-state index is 12.1. The topological polar surface area (TPSA) is 88.5 Å². The molecule has 0 saturated heterocycles. The first-order chi connectivity index (χ1) is 17.1. The lowest BCUT2D eigenvalue weighted by Gasteiger charge is -2.19. The van der Waals surface area contributed by atoms with E-state index in [-0.39, 0.29) is 30.4 Å². The zero-order valence-corrected chi connectivity index (χ0v) is 24.0. The highest BCUT2D eigenvalue weighted by Gasteiger charge is 2.16. The van der Waals surface area contributed by atoms with E-state index in [1.807, 2.05) is 25.1 Å². The first-order valence-electron chi connectivity index (χ1n) is 12.5. The molecule has 2 heterocycles. The van der Waals surface area contributed by atoms with E-state index in [0.29, 0.717) is 16.0 Å². The number of benzene rings is 1. The summed E-state index contributed by atoms with van der Waals surface area (Å²) in [6.45, 7) is 17.3. The van der Waals surface area contributed by atoms with Crippen LogP contribution in [-0.4, -0.2) is 28.5 Å². The Morgan fingerprint density at radius 2 is 1.59 bits per heavy atom. The van der Waals surface area contributed by atoms with Gasteiger partial charge in [-0.2, -0.15) is 0 Å². The average Bonchev–Trinajstić information content (AvgIpc) is 3.28. The minimum Gasteiger partial charge on any atom is -0.484 e. The molecule has 1 unspecified atom stereocenters. The van der Waals surface area contributed by atoms with E-state index >= 15 is 0 Å². The fraction of sp³-hybridized carbons (Fsp3) is 0.433. The molecular weight excluding hydrogens is 484 g/mol. The lowest BCUT2D eigenvalue weighted by molar-refractivity contribution is -0.136. The number of nitrogens with zero attached hydrogens (tertiary/aromatic N) is 1. The summed E-state index contributed by atoms with van der Waals surface area (Å²) in [7, 11) is 0. The van der Waals surface area contributed by atoms with Crippen molar-refractivity contribution in [1.29, 1.82) is 0 Å². The number of hydrogen-bond donors (Lipinski definition) is 2. The molecule has 0 aliphatic heterocycles. The second-order valence-electron chi connectivity index (χ2n) is 11.6. The standard InChI is InChI=1S/C25H28N2O4S.C5H12/c1-16(21-11-12-22(32-21)24(30)26-14-13-23(28)29)31-19-9-10-20(27-15-19)17-5-7-18(8-6-17)25(2,3)4;1-5(2,3)4/h5-12,15-16H,13-14H2,1-4H3,(H,26,30)(H,28,29);1-4H3. The maximum Gasteiger partial charge on any atom is 0.305 e. The van der Waals surface area contributed by atoms with E-state index in [9.17, 15) is 9.59 Å². The zero-order valence-electron chi connectivity index (χ0n) is 23.2. The van der Waals surface area contributed by atoms with E-state index < -0.39 is 5.97 Å². The van der Waals surface area contributed by atoms with Gasteiger partial charge in [-0.25, -0.2) is 0 Å². The lowest BCUT2D eigenvalue weighted by Crippen LogP contribution is -2.25. The smallest absolute Gasteiger partial charge is 0.305 e. The summed E-state index contributed by atoms with van der Waals surface area (Å²) >= 11 is 1.33. The number of aliphatic carboxylic acids is 1. The van der Waals surface area contributed by atoms with Crippen molar-refractivity contribution in [3.05, 3.63) is 70.0 Å². The fourth-order valence-electron chi connectivity index (χ4n) is 3.09. The minimum absolute atomic E-state index is 0.102. The Hall–Kier alpha value is -3.19. The SMILES string of the molecule is CC(C)(C)C.CC(Oc1ccc(-c2ccc(C(C)(C)C)cc2)nc1)c1ccc(C(=O)NCCC(=O)O)s1. The van der Waals surface area contributed by atoms with Crippen molar-refractivity contribution >= 4 is 23.2 Å². The number of rotatable bonds is 8. The van der Waals surface area contributed by atoms with E-state index in [0.717, 1.165) is 16.1 Å². The molecule has 0 spiro atoms. The van der Waals surface area contributed by atoms with Gasteiger partial charge in [-0.15, -0.1) is 11.3 Å². The van der Waals surface area contributed by atoms with Crippen molar-refractivity contribution in [2.75, 3.05) is 6.54 Å². The second-order valence-corrected chi connectivity index (χ2v) is 12.7. The fourth-order valence-corrected chi connectivity index (χ4v) is 3.99. The number of carbonyl (C=O) groups excluding carboxylic acids is 1. The van der Waals surface area contributed by atoms with Gasteiger partial charge in [0.05, 0.1) is 23.2 Å². The van der Waals surface area contributed by atoms with E-state index in [1.165, 1.54) is 16.9 Å². The summed E-state index contributed by atoms with van der Waals surface area (Å²) < 4.78 is 6.00. The van der Waals surface area contributed by atoms with Gasteiger partial charge in [-0.1, -0.05) is 72.7 Å². The number of carbonyl (C=O) groups is 2. The molecule has 1 amide bonds. The molecule has 7 heteroatoms. The number of carboxylic acid groups (broad SMARTS) is 1. The molecule has 0 saturated carbocycles. The van der Waals surface area contributed by atoms with Gasteiger partial charge in [0, 0.05) is 17.0 Å². The Morgan fingerprint density at radius 3 is 2.11 bits per heavy atom. The lowest BCUT2D eigenvalue weighted by atomic mass is 9.86. The number of ether oxygens (including phenoxy) is 1. The van der Waals surface area contributed by atoms with Crippen molar-refractivity contribution < 1.29 is 19.4 Å². The predicted octanol–water partition coefficient (Wildman–Crippen LogP) is 7.50. The number of aromatic nitrogens is 1. The number of thiophene rings is 1. The molecule has 0 aliphatic carbocycles. The molecule has 0 radical (unpaired) electrons. The molecule has 0 bridgehead atoms. The number of amides is 1. The van der Waals surface area contributed by atoms with Crippen LogP contribution in [0.3, 0.4) is 0 Å². The number of hydrogen-bond acceptors (Lipinski definition) is 5. The summed E-state index contributed by atoms with van der Waals surface area (Å²) in [5.41, 5.74) is 3.82.